The molecule has 0 aliphatic heterocycles. The average molecular weight is 406 g/mol. The third kappa shape index (κ3) is 3.06. The van der Waals surface area contributed by atoms with E-state index >= 15 is 0 Å². The Balaban J connectivity index is 1.87. The molecule has 0 radical (unpaired) electrons. The SMILES string of the molecule is Cc1nn(C)c(C)c1-c1cc(C(=O)N(C)Cc2ccnn2C)c2c(C)nn(C)c2n1. The van der Waals surface area contributed by atoms with Gasteiger partial charge in [0, 0.05) is 45.6 Å². The van der Waals surface area contributed by atoms with Crippen molar-refractivity contribution >= 4 is 16.9 Å². The molecule has 0 bridgehead atoms. The van der Waals surface area contributed by atoms with E-state index in [1.165, 1.54) is 0 Å². The molecule has 0 atom stereocenters. The van der Waals surface area contributed by atoms with Crippen molar-refractivity contribution in [1.29, 1.82) is 0 Å². The van der Waals surface area contributed by atoms with Crippen LogP contribution in [-0.2, 0) is 27.7 Å². The number of hydrogen-bond donors (Lipinski definition) is 0. The van der Waals surface area contributed by atoms with E-state index in [1.54, 1.807) is 27.5 Å². The molecule has 0 unspecified atom stereocenters. The quantitative estimate of drug-likeness (QED) is 0.519. The van der Waals surface area contributed by atoms with E-state index in [1.807, 2.05) is 58.7 Å². The predicted molar refractivity (Wildman–Crippen MR) is 114 cm³/mol. The summed E-state index contributed by atoms with van der Waals surface area (Å²) in [6.45, 7) is 6.32. The summed E-state index contributed by atoms with van der Waals surface area (Å²) < 4.78 is 5.34. The van der Waals surface area contributed by atoms with Crippen molar-refractivity contribution in [2.45, 2.75) is 27.3 Å². The van der Waals surface area contributed by atoms with Gasteiger partial charge in [0.1, 0.15) is 0 Å². The Bertz CT molecular complexity index is 1280. The van der Waals surface area contributed by atoms with Crippen LogP contribution in [0.25, 0.3) is 22.3 Å². The molecule has 4 heterocycles. The Kier molecular flexibility index (Phi) is 4.68. The monoisotopic (exact) mass is 406 g/mol. The van der Waals surface area contributed by atoms with Crippen LogP contribution in [0.15, 0.2) is 18.3 Å². The van der Waals surface area contributed by atoms with Gasteiger partial charge >= 0.3 is 0 Å². The second-order valence-electron chi connectivity index (χ2n) is 7.74. The number of pyridine rings is 1. The summed E-state index contributed by atoms with van der Waals surface area (Å²) in [6.07, 6.45) is 1.73. The highest BCUT2D eigenvalue weighted by Gasteiger charge is 2.24. The lowest BCUT2D eigenvalue weighted by atomic mass is 10.0. The normalized spacial score (nSPS) is 11.4. The third-order valence-electron chi connectivity index (χ3n) is 5.63. The maximum Gasteiger partial charge on any atom is 0.254 e. The Labute approximate surface area is 174 Å². The van der Waals surface area contributed by atoms with E-state index in [-0.39, 0.29) is 5.91 Å². The van der Waals surface area contributed by atoms with Crippen LogP contribution in [0, 0.1) is 20.8 Å². The summed E-state index contributed by atoms with van der Waals surface area (Å²) in [5.41, 5.74) is 6.56. The number of hydrogen-bond acceptors (Lipinski definition) is 5. The second kappa shape index (κ2) is 7.08. The Morgan fingerprint density at radius 2 is 1.73 bits per heavy atom. The lowest BCUT2D eigenvalue weighted by molar-refractivity contribution is 0.0784. The zero-order chi connectivity index (χ0) is 21.7. The molecule has 0 aromatic carbocycles. The maximum absolute atomic E-state index is 13.5. The predicted octanol–water partition coefficient (Wildman–Crippen LogP) is 2.30. The van der Waals surface area contributed by atoms with Crippen molar-refractivity contribution in [2.24, 2.45) is 21.1 Å². The minimum Gasteiger partial charge on any atom is -0.336 e. The van der Waals surface area contributed by atoms with E-state index in [9.17, 15) is 4.79 Å². The fraction of sp³-hybridized carbons (Fsp3) is 0.381. The molecule has 1 amide bonds. The minimum absolute atomic E-state index is 0.0832. The lowest BCUT2D eigenvalue weighted by Crippen LogP contribution is -2.27. The van der Waals surface area contributed by atoms with Gasteiger partial charge in [0.15, 0.2) is 5.65 Å². The molecule has 156 valence electrons. The smallest absolute Gasteiger partial charge is 0.254 e. The molecule has 4 aromatic rings. The summed E-state index contributed by atoms with van der Waals surface area (Å²) in [4.78, 5) is 20.1. The molecule has 4 aromatic heterocycles. The van der Waals surface area contributed by atoms with Gasteiger partial charge in [-0.05, 0) is 32.9 Å². The standard InChI is InChI=1S/C21H26N8O/c1-12-18(14(3)27(5)24-12)17-10-16(19-13(2)25-29(7)20(19)23-17)21(30)26(4)11-15-8-9-22-28(15)6/h8-10H,11H2,1-7H3. The second-order valence-corrected chi connectivity index (χ2v) is 7.74. The van der Waals surface area contributed by atoms with Crippen LogP contribution in [-0.4, -0.2) is 52.2 Å². The summed E-state index contributed by atoms with van der Waals surface area (Å²) >= 11 is 0. The van der Waals surface area contributed by atoms with Gasteiger partial charge in [0.05, 0.1) is 40.3 Å². The molecule has 0 aliphatic carbocycles. The largest absolute Gasteiger partial charge is 0.336 e. The van der Waals surface area contributed by atoms with E-state index in [4.69, 9.17) is 4.98 Å². The number of carbonyl (C=O) groups is 1. The molecule has 9 heteroatoms. The van der Waals surface area contributed by atoms with Gasteiger partial charge in [-0.2, -0.15) is 15.3 Å². The minimum atomic E-state index is -0.0832. The molecule has 0 saturated carbocycles. The number of rotatable bonds is 4. The van der Waals surface area contributed by atoms with Crippen LogP contribution in [0.5, 0.6) is 0 Å². The zero-order valence-electron chi connectivity index (χ0n) is 18.4. The van der Waals surface area contributed by atoms with Crippen LogP contribution in [0.4, 0.5) is 0 Å². The topological polar surface area (TPSA) is 86.7 Å². The Morgan fingerprint density at radius 3 is 2.33 bits per heavy atom. The first-order valence-electron chi connectivity index (χ1n) is 9.76. The van der Waals surface area contributed by atoms with Crippen LogP contribution in [0.3, 0.4) is 0 Å². The van der Waals surface area contributed by atoms with Gasteiger partial charge in [-0.25, -0.2) is 4.98 Å². The van der Waals surface area contributed by atoms with Crippen LogP contribution >= 0.6 is 0 Å². The van der Waals surface area contributed by atoms with E-state index in [0.29, 0.717) is 17.8 Å². The van der Waals surface area contributed by atoms with Gasteiger partial charge in [0.25, 0.3) is 5.91 Å². The highest BCUT2D eigenvalue weighted by atomic mass is 16.2. The van der Waals surface area contributed by atoms with Gasteiger partial charge in [0.2, 0.25) is 0 Å². The van der Waals surface area contributed by atoms with Crippen LogP contribution in [0.1, 0.15) is 33.1 Å². The summed E-state index contributed by atoms with van der Waals surface area (Å²) in [7, 11) is 7.43. The number of nitrogens with zero attached hydrogens (tertiary/aromatic N) is 8. The van der Waals surface area contributed by atoms with Crippen LogP contribution in [0.2, 0.25) is 0 Å². The summed E-state index contributed by atoms with van der Waals surface area (Å²) in [5.74, 6) is -0.0832. The fourth-order valence-corrected chi connectivity index (χ4v) is 3.96. The Hall–Kier alpha value is -3.49. The first kappa shape index (κ1) is 19.8. The molecule has 0 saturated heterocycles. The highest BCUT2D eigenvalue weighted by Crippen LogP contribution is 2.31. The number of aryl methyl sites for hydroxylation is 5. The molecular weight excluding hydrogens is 380 g/mol. The number of carbonyl (C=O) groups excluding carboxylic acids is 1. The number of aromatic nitrogens is 7. The van der Waals surface area contributed by atoms with Gasteiger partial charge in [-0.15, -0.1) is 0 Å². The molecule has 0 spiro atoms. The number of amides is 1. The van der Waals surface area contributed by atoms with Gasteiger partial charge < -0.3 is 4.90 Å². The molecule has 0 aliphatic rings. The van der Waals surface area contributed by atoms with Crippen molar-refractivity contribution < 1.29 is 4.79 Å². The van der Waals surface area contributed by atoms with Crippen molar-refractivity contribution in [3.63, 3.8) is 0 Å². The zero-order valence-corrected chi connectivity index (χ0v) is 18.4. The van der Waals surface area contributed by atoms with Gasteiger partial charge in [-0.1, -0.05) is 0 Å². The third-order valence-corrected chi connectivity index (χ3v) is 5.63. The molecule has 9 nitrogen and oxygen atoms in total. The Morgan fingerprint density at radius 1 is 1.03 bits per heavy atom. The highest BCUT2D eigenvalue weighted by molar-refractivity contribution is 6.07. The lowest BCUT2D eigenvalue weighted by Gasteiger charge is -2.18. The maximum atomic E-state index is 13.5. The van der Waals surface area contributed by atoms with E-state index in [0.717, 1.165) is 39.4 Å². The van der Waals surface area contributed by atoms with Crippen molar-refractivity contribution in [3.8, 4) is 11.3 Å². The average Bonchev–Trinajstić information content (AvgIpc) is 3.30. The fourth-order valence-electron chi connectivity index (χ4n) is 3.96. The molecule has 0 N–H and O–H groups in total. The molecular formula is C21H26N8O. The van der Waals surface area contributed by atoms with Crippen molar-refractivity contribution in [3.05, 3.63) is 46.7 Å². The van der Waals surface area contributed by atoms with E-state index < -0.39 is 0 Å². The van der Waals surface area contributed by atoms with Crippen molar-refractivity contribution in [1.82, 2.24) is 39.2 Å². The molecule has 0 fully saturated rings. The van der Waals surface area contributed by atoms with Crippen LogP contribution < -0.4 is 0 Å². The molecule has 30 heavy (non-hydrogen) atoms. The number of fused-ring (bicyclic) bond motifs is 1. The van der Waals surface area contributed by atoms with Gasteiger partial charge in [-0.3, -0.25) is 18.8 Å². The molecule has 4 rings (SSSR count). The van der Waals surface area contributed by atoms with E-state index in [2.05, 4.69) is 15.3 Å². The first-order chi connectivity index (χ1) is 14.2. The first-order valence-corrected chi connectivity index (χ1v) is 9.76. The van der Waals surface area contributed by atoms with Crippen molar-refractivity contribution in [2.75, 3.05) is 7.05 Å². The summed E-state index contributed by atoms with van der Waals surface area (Å²) in [6, 6.07) is 3.78. The summed E-state index contributed by atoms with van der Waals surface area (Å²) in [5, 5.41) is 14.0.